The predicted octanol–water partition coefficient (Wildman–Crippen LogP) is 1.30. The fourth-order valence-electron chi connectivity index (χ4n) is 1.45. The first-order chi connectivity index (χ1) is 5.86. The number of aromatic nitrogens is 2. The number of hydrogen-bond acceptors (Lipinski definition) is 4. The number of hydrogen-bond donors (Lipinski definition) is 1. The van der Waals surface area contributed by atoms with Crippen molar-refractivity contribution in [1.82, 2.24) is 15.5 Å². The van der Waals surface area contributed by atoms with E-state index in [9.17, 15) is 0 Å². The van der Waals surface area contributed by atoms with Gasteiger partial charge in [-0.25, -0.2) is 0 Å². The van der Waals surface area contributed by atoms with Crippen molar-refractivity contribution in [3.8, 4) is 0 Å². The lowest BCUT2D eigenvalue weighted by Crippen LogP contribution is -2.26. The van der Waals surface area contributed by atoms with Gasteiger partial charge < -0.3 is 9.73 Å². The van der Waals surface area contributed by atoms with E-state index in [0.29, 0.717) is 10.7 Å². The largest absolute Gasteiger partial charge is 0.415 e. The number of nitrogens with one attached hydrogen (secondary N) is 1. The predicted molar refractivity (Wildman–Crippen MR) is 46.8 cm³/mol. The highest BCUT2D eigenvalue weighted by Gasteiger charge is 2.20. The van der Waals surface area contributed by atoms with Gasteiger partial charge in [0.1, 0.15) is 0 Å². The number of halogens is 1. The van der Waals surface area contributed by atoms with Crippen LogP contribution in [0.25, 0.3) is 0 Å². The van der Waals surface area contributed by atoms with Gasteiger partial charge in [0, 0.05) is 21.8 Å². The molecule has 4 nitrogen and oxygen atoms in total. The zero-order chi connectivity index (χ0) is 8.39. The molecule has 2 rings (SSSR count). The van der Waals surface area contributed by atoms with Crippen molar-refractivity contribution in [3.05, 3.63) is 10.7 Å². The van der Waals surface area contributed by atoms with Crippen LogP contribution >= 0.6 is 15.9 Å². The molecule has 1 aliphatic heterocycles. The Hall–Kier alpha value is -0.420. The summed E-state index contributed by atoms with van der Waals surface area (Å²) >= 11 is 3.14. The third kappa shape index (κ3) is 1.67. The first-order valence-corrected chi connectivity index (χ1v) is 4.85. The molecule has 66 valence electrons. The smallest absolute Gasteiger partial charge is 0.284 e. The molecule has 0 unspecified atom stereocenters. The SMILES string of the molecule is Brc1nnc(C2CCNCC2)o1. The number of rotatable bonds is 1. The Morgan fingerprint density at radius 1 is 1.33 bits per heavy atom. The molecule has 12 heavy (non-hydrogen) atoms. The van der Waals surface area contributed by atoms with Crippen LogP contribution in [-0.2, 0) is 0 Å². The molecule has 0 bridgehead atoms. The molecule has 1 N–H and O–H groups in total. The lowest BCUT2D eigenvalue weighted by molar-refractivity contribution is 0.367. The van der Waals surface area contributed by atoms with Gasteiger partial charge in [-0.1, -0.05) is 0 Å². The van der Waals surface area contributed by atoms with Gasteiger partial charge >= 0.3 is 0 Å². The standard InChI is InChI=1S/C7H10BrN3O/c8-7-11-10-6(12-7)5-1-3-9-4-2-5/h5,9H,1-4H2. The summed E-state index contributed by atoms with van der Waals surface area (Å²) in [6, 6.07) is 0. The van der Waals surface area contributed by atoms with Crippen molar-refractivity contribution in [2.24, 2.45) is 0 Å². The molecule has 0 aliphatic carbocycles. The van der Waals surface area contributed by atoms with Crippen LogP contribution in [0, 0.1) is 0 Å². The average Bonchev–Trinajstić information content (AvgIpc) is 2.54. The molecule has 0 aromatic carbocycles. The quantitative estimate of drug-likeness (QED) is 0.792. The van der Waals surface area contributed by atoms with Gasteiger partial charge in [0.2, 0.25) is 5.89 Å². The van der Waals surface area contributed by atoms with Gasteiger partial charge in [-0.3, -0.25) is 0 Å². The molecule has 1 saturated heterocycles. The molecule has 0 radical (unpaired) electrons. The van der Waals surface area contributed by atoms with Crippen LogP contribution in [0.2, 0.25) is 0 Å². The monoisotopic (exact) mass is 231 g/mol. The third-order valence-electron chi connectivity index (χ3n) is 2.10. The minimum Gasteiger partial charge on any atom is -0.415 e. The van der Waals surface area contributed by atoms with E-state index in [1.165, 1.54) is 0 Å². The van der Waals surface area contributed by atoms with Crippen LogP contribution in [0.3, 0.4) is 0 Å². The normalized spacial score (nSPS) is 19.8. The Bertz CT molecular complexity index is 257. The molecule has 0 atom stereocenters. The molecule has 1 aromatic rings. The summed E-state index contributed by atoms with van der Waals surface area (Å²) < 4.78 is 5.29. The summed E-state index contributed by atoms with van der Waals surface area (Å²) in [4.78, 5) is 0.482. The maximum Gasteiger partial charge on any atom is 0.284 e. The van der Waals surface area contributed by atoms with E-state index >= 15 is 0 Å². The van der Waals surface area contributed by atoms with E-state index in [2.05, 4.69) is 31.4 Å². The van der Waals surface area contributed by atoms with Gasteiger partial charge in [0.25, 0.3) is 4.80 Å². The van der Waals surface area contributed by atoms with Crippen LogP contribution < -0.4 is 5.32 Å². The summed E-state index contributed by atoms with van der Waals surface area (Å²) in [7, 11) is 0. The third-order valence-corrected chi connectivity index (χ3v) is 2.42. The zero-order valence-corrected chi connectivity index (χ0v) is 8.17. The van der Waals surface area contributed by atoms with Crippen LogP contribution in [0.15, 0.2) is 9.22 Å². The molecule has 0 spiro atoms. The first kappa shape index (κ1) is 8.19. The van der Waals surface area contributed by atoms with Crippen LogP contribution in [0.1, 0.15) is 24.7 Å². The van der Waals surface area contributed by atoms with Crippen molar-refractivity contribution in [1.29, 1.82) is 0 Å². The molecule has 1 fully saturated rings. The van der Waals surface area contributed by atoms with E-state index < -0.39 is 0 Å². The number of piperidine rings is 1. The van der Waals surface area contributed by atoms with Crippen LogP contribution in [0.4, 0.5) is 0 Å². The van der Waals surface area contributed by atoms with Crippen molar-refractivity contribution in [2.75, 3.05) is 13.1 Å². The summed E-state index contributed by atoms with van der Waals surface area (Å²) in [5.74, 6) is 1.22. The summed E-state index contributed by atoms with van der Waals surface area (Å²) in [6.45, 7) is 2.09. The van der Waals surface area contributed by atoms with Gasteiger partial charge in [-0.2, -0.15) is 0 Å². The minimum absolute atomic E-state index is 0.449. The van der Waals surface area contributed by atoms with E-state index in [0.717, 1.165) is 31.8 Å². The summed E-state index contributed by atoms with van der Waals surface area (Å²) in [5.41, 5.74) is 0. The van der Waals surface area contributed by atoms with Crippen molar-refractivity contribution >= 4 is 15.9 Å². The zero-order valence-electron chi connectivity index (χ0n) is 6.59. The second kappa shape index (κ2) is 3.53. The van der Waals surface area contributed by atoms with E-state index in [1.807, 2.05) is 0 Å². The van der Waals surface area contributed by atoms with E-state index in [-0.39, 0.29) is 0 Å². The molecular formula is C7H10BrN3O. The van der Waals surface area contributed by atoms with Crippen molar-refractivity contribution < 1.29 is 4.42 Å². The van der Waals surface area contributed by atoms with Gasteiger partial charge in [-0.05, 0) is 25.9 Å². The Kier molecular flexibility index (Phi) is 2.41. The maximum absolute atomic E-state index is 5.29. The number of nitrogens with zero attached hydrogens (tertiary/aromatic N) is 2. The highest BCUT2D eigenvalue weighted by molar-refractivity contribution is 9.10. The van der Waals surface area contributed by atoms with E-state index in [1.54, 1.807) is 0 Å². The molecular weight excluding hydrogens is 222 g/mol. The fourth-order valence-corrected chi connectivity index (χ4v) is 1.69. The van der Waals surface area contributed by atoms with E-state index in [4.69, 9.17) is 4.42 Å². The van der Waals surface area contributed by atoms with Gasteiger partial charge in [0.05, 0.1) is 0 Å². The van der Waals surface area contributed by atoms with Crippen molar-refractivity contribution in [2.45, 2.75) is 18.8 Å². The fraction of sp³-hybridized carbons (Fsp3) is 0.714. The highest BCUT2D eigenvalue weighted by atomic mass is 79.9. The summed E-state index contributed by atoms with van der Waals surface area (Å²) in [5, 5.41) is 11.0. The van der Waals surface area contributed by atoms with Crippen LogP contribution in [-0.4, -0.2) is 23.3 Å². The topological polar surface area (TPSA) is 51.0 Å². The summed E-state index contributed by atoms with van der Waals surface area (Å²) in [6.07, 6.45) is 2.18. The highest BCUT2D eigenvalue weighted by Crippen LogP contribution is 2.24. The first-order valence-electron chi connectivity index (χ1n) is 4.06. The Balaban J connectivity index is 2.08. The average molecular weight is 232 g/mol. The second-order valence-electron chi connectivity index (χ2n) is 2.92. The maximum atomic E-state index is 5.29. The Morgan fingerprint density at radius 2 is 2.08 bits per heavy atom. The minimum atomic E-state index is 0.449. The molecule has 1 aliphatic rings. The molecule has 2 heterocycles. The Morgan fingerprint density at radius 3 is 2.67 bits per heavy atom. The molecule has 1 aromatic heterocycles. The van der Waals surface area contributed by atoms with Gasteiger partial charge in [0.15, 0.2) is 0 Å². The molecule has 5 heteroatoms. The molecule has 0 amide bonds. The second-order valence-corrected chi connectivity index (χ2v) is 3.60. The lowest BCUT2D eigenvalue weighted by Gasteiger charge is -2.18. The lowest BCUT2D eigenvalue weighted by atomic mass is 9.98. The Labute approximate surface area is 78.9 Å². The van der Waals surface area contributed by atoms with Gasteiger partial charge in [-0.15, -0.1) is 10.2 Å². The molecule has 0 saturated carbocycles. The van der Waals surface area contributed by atoms with Crippen molar-refractivity contribution in [3.63, 3.8) is 0 Å². The van der Waals surface area contributed by atoms with Crippen LogP contribution in [0.5, 0.6) is 0 Å².